The van der Waals surface area contributed by atoms with Crippen molar-refractivity contribution in [3.63, 3.8) is 0 Å². The molecule has 17 heavy (non-hydrogen) atoms. The van der Waals surface area contributed by atoms with Crippen molar-refractivity contribution in [2.24, 2.45) is 0 Å². The molecule has 0 aliphatic heterocycles. The maximum Gasteiger partial charge on any atom is 0.0404 e. The van der Waals surface area contributed by atoms with Crippen LogP contribution in [0.25, 0.3) is 0 Å². The molecule has 0 bridgehead atoms. The number of nitrogens with one attached hydrogen (secondary N) is 1. The molecule has 0 fully saturated rings. The van der Waals surface area contributed by atoms with Crippen LogP contribution in [0.1, 0.15) is 16.7 Å². The summed E-state index contributed by atoms with van der Waals surface area (Å²) in [5.74, 6) is 0. The Balaban J connectivity index is 2.12. The van der Waals surface area contributed by atoms with E-state index in [9.17, 15) is 0 Å². The van der Waals surface area contributed by atoms with Crippen molar-refractivity contribution in [1.29, 1.82) is 0 Å². The third-order valence-electron chi connectivity index (χ3n) is 2.87. The molecule has 1 aromatic heterocycles. The van der Waals surface area contributed by atoms with Crippen molar-refractivity contribution in [3.05, 3.63) is 53.3 Å². The summed E-state index contributed by atoms with van der Waals surface area (Å²) in [6, 6.07) is 7.94. The topological polar surface area (TPSA) is 50.9 Å². The van der Waals surface area contributed by atoms with Gasteiger partial charge in [0.1, 0.15) is 0 Å². The highest BCUT2D eigenvalue weighted by Crippen LogP contribution is 2.19. The fraction of sp³-hybridized carbons (Fsp3) is 0.214. The van der Waals surface area contributed by atoms with Gasteiger partial charge in [0.05, 0.1) is 0 Å². The van der Waals surface area contributed by atoms with Gasteiger partial charge in [0, 0.05) is 30.3 Å². The number of aryl methyl sites for hydroxylation is 2. The molecule has 0 amide bonds. The molecule has 3 heteroatoms. The number of benzene rings is 1. The average molecular weight is 227 g/mol. The van der Waals surface area contributed by atoms with Crippen LogP contribution < -0.4 is 11.1 Å². The molecular weight excluding hydrogens is 210 g/mol. The molecule has 2 aromatic rings. The lowest BCUT2D eigenvalue weighted by molar-refractivity contribution is 1.09. The van der Waals surface area contributed by atoms with Crippen molar-refractivity contribution in [3.8, 4) is 0 Å². The van der Waals surface area contributed by atoms with Gasteiger partial charge in [-0.2, -0.15) is 0 Å². The van der Waals surface area contributed by atoms with Crippen LogP contribution in [0.15, 0.2) is 36.7 Å². The minimum absolute atomic E-state index is 0.782. The molecule has 1 heterocycles. The van der Waals surface area contributed by atoms with Gasteiger partial charge in [0.2, 0.25) is 0 Å². The number of hydrogen-bond donors (Lipinski definition) is 2. The van der Waals surface area contributed by atoms with E-state index in [0.717, 1.165) is 17.9 Å². The molecule has 0 spiro atoms. The molecular formula is C14H17N3. The monoisotopic (exact) mass is 227 g/mol. The zero-order valence-electron chi connectivity index (χ0n) is 10.2. The quantitative estimate of drug-likeness (QED) is 0.793. The van der Waals surface area contributed by atoms with Gasteiger partial charge in [-0.3, -0.25) is 4.98 Å². The predicted octanol–water partition coefficient (Wildman–Crippen LogP) is 2.89. The largest absolute Gasteiger partial charge is 0.399 e. The molecule has 3 nitrogen and oxygen atoms in total. The minimum Gasteiger partial charge on any atom is -0.399 e. The lowest BCUT2D eigenvalue weighted by Gasteiger charge is -2.11. The molecule has 0 aliphatic rings. The number of pyridine rings is 1. The smallest absolute Gasteiger partial charge is 0.0404 e. The summed E-state index contributed by atoms with van der Waals surface area (Å²) in [6.45, 7) is 4.93. The fourth-order valence-electron chi connectivity index (χ4n) is 1.72. The van der Waals surface area contributed by atoms with Gasteiger partial charge < -0.3 is 11.1 Å². The van der Waals surface area contributed by atoms with Gasteiger partial charge >= 0.3 is 0 Å². The van der Waals surface area contributed by atoms with E-state index in [0.29, 0.717) is 0 Å². The molecule has 88 valence electrons. The van der Waals surface area contributed by atoms with Crippen LogP contribution in [0.4, 0.5) is 11.4 Å². The highest BCUT2D eigenvalue weighted by molar-refractivity contribution is 5.59. The number of aromatic nitrogens is 1. The van der Waals surface area contributed by atoms with Crippen LogP contribution >= 0.6 is 0 Å². The van der Waals surface area contributed by atoms with Crippen molar-refractivity contribution in [1.82, 2.24) is 4.98 Å². The highest BCUT2D eigenvalue weighted by Gasteiger charge is 2.00. The van der Waals surface area contributed by atoms with Gasteiger partial charge in [0.25, 0.3) is 0 Å². The van der Waals surface area contributed by atoms with E-state index in [2.05, 4.69) is 24.1 Å². The van der Waals surface area contributed by atoms with Crippen molar-refractivity contribution >= 4 is 11.4 Å². The van der Waals surface area contributed by atoms with Crippen molar-refractivity contribution < 1.29 is 0 Å². The third-order valence-corrected chi connectivity index (χ3v) is 2.87. The van der Waals surface area contributed by atoms with E-state index in [-0.39, 0.29) is 0 Å². The predicted molar refractivity (Wildman–Crippen MR) is 71.9 cm³/mol. The van der Waals surface area contributed by atoms with E-state index >= 15 is 0 Å². The molecule has 0 atom stereocenters. The van der Waals surface area contributed by atoms with E-state index in [4.69, 9.17) is 5.73 Å². The molecule has 0 saturated heterocycles. The number of nitrogen functional groups attached to an aromatic ring is 1. The van der Waals surface area contributed by atoms with E-state index in [1.807, 2.05) is 36.7 Å². The second kappa shape index (κ2) is 4.87. The maximum atomic E-state index is 5.78. The number of rotatable bonds is 3. The molecule has 0 radical (unpaired) electrons. The SMILES string of the molecule is Cc1cnccc1CNc1cc(N)ccc1C. The molecule has 1 aromatic carbocycles. The first-order valence-electron chi connectivity index (χ1n) is 5.66. The third kappa shape index (κ3) is 2.75. The van der Waals surface area contributed by atoms with Gasteiger partial charge in [-0.25, -0.2) is 0 Å². The summed E-state index contributed by atoms with van der Waals surface area (Å²) in [5.41, 5.74) is 11.3. The van der Waals surface area contributed by atoms with E-state index in [1.165, 1.54) is 16.7 Å². The van der Waals surface area contributed by atoms with E-state index < -0.39 is 0 Å². The summed E-state index contributed by atoms with van der Waals surface area (Å²) >= 11 is 0. The first kappa shape index (κ1) is 11.5. The summed E-state index contributed by atoms with van der Waals surface area (Å²) in [7, 11) is 0. The lowest BCUT2D eigenvalue weighted by Crippen LogP contribution is -2.03. The summed E-state index contributed by atoms with van der Waals surface area (Å²) in [6.07, 6.45) is 3.69. The first-order valence-corrected chi connectivity index (χ1v) is 5.66. The fourth-order valence-corrected chi connectivity index (χ4v) is 1.72. The second-order valence-electron chi connectivity index (χ2n) is 4.23. The molecule has 3 N–H and O–H groups in total. The second-order valence-corrected chi connectivity index (χ2v) is 4.23. The van der Waals surface area contributed by atoms with E-state index in [1.54, 1.807) is 0 Å². The van der Waals surface area contributed by atoms with Gasteiger partial charge in [-0.15, -0.1) is 0 Å². The lowest BCUT2D eigenvalue weighted by atomic mass is 10.1. The Morgan fingerprint density at radius 1 is 1.18 bits per heavy atom. The highest BCUT2D eigenvalue weighted by atomic mass is 14.9. The number of hydrogen-bond acceptors (Lipinski definition) is 3. The van der Waals surface area contributed by atoms with Gasteiger partial charge in [0.15, 0.2) is 0 Å². The molecule has 0 saturated carbocycles. The van der Waals surface area contributed by atoms with Crippen LogP contribution in [0.5, 0.6) is 0 Å². The first-order chi connectivity index (χ1) is 8.16. The zero-order chi connectivity index (χ0) is 12.3. The van der Waals surface area contributed by atoms with Crippen LogP contribution in [-0.4, -0.2) is 4.98 Å². The minimum atomic E-state index is 0.782. The summed E-state index contributed by atoms with van der Waals surface area (Å²) < 4.78 is 0. The Bertz CT molecular complexity index is 521. The Labute approximate surface area is 102 Å². The Kier molecular flexibility index (Phi) is 3.28. The van der Waals surface area contributed by atoms with Gasteiger partial charge in [-0.05, 0) is 48.7 Å². The Hall–Kier alpha value is -2.03. The summed E-state index contributed by atoms with van der Waals surface area (Å²) in [4.78, 5) is 4.08. The zero-order valence-corrected chi connectivity index (χ0v) is 10.2. The normalized spacial score (nSPS) is 10.2. The standard InChI is InChI=1S/C14H17N3/c1-10-3-4-13(15)7-14(10)17-9-12-5-6-16-8-11(12)2/h3-8,17H,9,15H2,1-2H3. The van der Waals surface area contributed by atoms with Crippen molar-refractivity contribution in [2.75, 3.05) is 11.1 Å². The van der Waals surface area contributed by atoms with Crippen LogP contribution in [0.3, 0.4) is 0 Å². The molecule has 0 aliphatic carbocycles. The molecule has 2 rings (SSSR count). The van der Waals surface area contributed by atoms with Gasteiger partial charge in [-0.1, -0.05) is 6.07 Å². The number of nitrogens with zero attached hydrogens (tertiary/aromatic N) is 1. The van der Waals surface area contributed by atoms with Crippen LogP contribution in [-0.2, 0) is 6.54 Å². The Morgan fingerprint density at radius 3 is 2.76 bits per heavy atom. The van der Waals surface area contributed by atoms with Crippen LogP contribution in [0.2, 0.25) is 0 Å². The Morgan fingerprint density at radius 2 is 2.00 bits per heavy atom. The van der Waals surface area contributed by atoms with Crippen LogP contribution in [0, 0.1) is 13.8 Å². The molecule has 0 unspecified atom stereocenters. The number of anilines is 2. The maximum absolute atomic E-state index is 5.78. The average Bonchev–Trinajstić information content (AvgIpc) is 2.32. The van der Waals surface area contributed by atoms with Crippen molar-refractivity contribution in [2.45, 2.75) is 20.4 Å². The summed E-state index contributed by atoms with van der Waals surface area (Å²) in [5, 5.41) is 3.40. The number of nitrogens with two attached hydrogens (primary N) is 1.